The number of carbonyl (C=O) groups is 2. The van der Waals surface area contributed by atoms with E-state index in [1.807, 2.05) is 26.0 Å². The van der Waals surface area contributed by atoms with Crippen LogP contribution < -0.4 is 15.4 Å². The molecule has 0 atom stereocenters. The summed E-state index contributed by atoms with van der Waals surface area (Å²) in [5.41, 5.74) is 3.04. The number of amides is 2. The topological polar surface area (TPSA) is 67.4 Å². The summed E-state index contributed by atoms with van der Waals surface area (Å²) in [6.45, 7) is 6.27. The van der Waals surface area contributed by atoms with Crippen molar-refractivity contribution in [3.63, 3.8) is 0 Å². The van der Waals surface area contributed by atoms with Gasteiger partial charge in [-0.15, -0.1) is 0 Å². The Labute approximate surface area is 119 Å². The molecular formula is C15H22N2O3. The number of benzene rings is 1. The van der Waals surface area contributed by atoms with Gasteiger partial charge in [-0.3, -0.25) is 9.59 Å². The van der Waals surface area contributed by atoms with Crippen LogP contribution in [-0.4, -0.2) is 32.0 Å². The van der Waals surface area contributed by atoms with Crippen LogP contribution in [0.25, 0.3) is 0 Å². The zero-order valence-electron chi connectivity index (χ0n) is 12.5. The van der Waals surface area contributed by atoms with Gasteiger partial charge in [-0.2, -0.15) is 0 Å². The Morgan fingerprint density at radius 1 is 1.15 bits per heavy atom. The van der Waals surface area contributed by atoms with Gasteiger partial charge in [0.15, 0.2) is 0 Å². The first kappa shape index (κ1) is 16.0. The fourth-order valence-corrected chi connectivity index (χ4v) is 2.03. The van der Waals surface area contributed by atoms with E-state index in [1.165, 1.54) is 6.92 Å². The minimum absolute atomic E-state index is 0.0828. The van der Waals surface area contributed by atoms with Gasteiger partial charge in [0.2, 0.25) is 11.8 Å². The molecule has 20 heavy (non-hydrogen) atoms. The van der Waals surface area contributed by atoms with Crippen molar-refractivity contribution in [3.8, 4) is 5.75 Å². The fourth-order valence-electron chi connectivity index (χ4n) is 2.03. The first-order valence-electron chi connectivity index (χ1n) is 6.59. The molecule has 0 fully saturated rings. The Balaban J connectivity index is 2.59. The van der Waals surface area contributed by atoms with Crippen LogP contribution in [-0.2, 0) is 16.0 Å². The van der Waals surface area contributed by atoms with Gasteiger partial charge < -0.3 is 15.4 Å². The monoisotopic (exact) mass is 278 g/mol. The maximum atomic E-state index is 11.9. The zero-order valence-corrected chi connectivity index (χ0v) is 12.5. The molecule has 0 bridgehead atoms. The number of carbonyl (C=O) groups excluding carboxylic acids is 2. The summed E-state index contributed by atoms with van der Waals surface area (Å²) in [5, 5.41) is 5.40. The second-order valence-electron chi connectivity index (χ2n) is 4.77. The van der Waals surface area contributed by atoms with Crippen LogP contribution >= 0.6 is 0 Å². The standard InChI is InChI=1S/C15H22N2O3/c1-10-7-11(2)13(14(8-10)20-4)9-15(19)17-6-5-16-12(3)18/h7-8H,5-6,9H2,1-4H3,(H,16,18)(H,17,19). The van der Waals surface area contributed by atoms with E-state index in [-0.39, 0.29) is 18.2 Å². The molecule has 0 saturated heterocycles. The SMILES string of the molecule is COc1cc(C)cc(C)c1CC(=O)NCCNC(C)=O. The average molecular weight is 278 g/mol. The molecule has 1 aromatic carbocycles. The number of hydrogen-bond donors (Lipinski definition) is 2. The first-order valence-corrected chi connectivity index (χ1v) is 6.59. The highest BCUT2D eigenvalue weighted by atomic mass is 16.5. The summed E-state index contributed by atoms with van der Waals surface area (Å²) < 4.78 is 5.33. The van der Waals surface area contributed by atoms with Crippen LogP contribution in [0.4, 0.5) is 0 Å². The van der Waals surface area contributed by atoms with Gasteiger partial charge in [0, 0.05) is 25.6 Å². The molecule has 1 rings (SSSR count). The molecule has 2 amide bonds. The molecule has 0 aromatic heterocycles. The van der Waals surface area contributed by atoms with Crippen molar-refractivity contribution >= 4 is 11.8 Å². The van der Waals surface area contributed by atoms with E-state index in [4.69, 9.17) is 4.74 Å². The minimum atomic E-state index is -0.102. The van der Waals surface area contributed by atoms with Crippen molar-refractivity contribution in [2.75, 3.05) is 20.2 Å². The van der Waals surface area contributed by atoms with E-state index < -0.39 is 0 Å². The second kappa shape index (κ2) is 7.53. The van der Waals surface area contributed by atoms with Crippen LogP contribution in [0.5, 0.6) is 5.75 Å². The quantitative estimate of drug-likeness (QED) is 0.766. The zero-order chi connectivity index (χ0) is 15.1. The summed E-state index contributed by atoms with van der Waals surface area (Å²) in [5.74, 6) is 0.551. The van der Waals surface area contributed by atoms with Crippen molar-refractivity contribution in [2.45, 2.75) is 27.2 Å². The van der Waals surface area contributed by atoms with Gasteiger partial charge in [0.25, 0.3) is 0 Å². The smallest absolute Gasteiger partial charge is 0.224 e. The molecule has 0 aliphatic rings. The van der Waals surface area contributed by atoms with Crippen molar-refractivity contribution in [2.24, 2.45) is 0 Å². The fraction of sp³-hybridized carbons (Fsp3) is 0.467. The second-order valence-corrected chi connectivity index (χ2v) is 4.77. The molecule has 5 nitrogen and oxygen atoms in total. The Hall–Kier alpha value is -2.04. The maximum Gasteiger partial charge on any atom is 0.224 e. The minimum Gasteiger partial charge on any atom is -0.496 e. The van der Waals surface area contributed by atoms with Crippen LogP contribution in [0.2, 0.25) is 0 Å². The van der Waals surface area contributed by atoms with E-state index in [0.717, 1.165) is 22.4 Å². The van der Waals surface area contributed by atoms with Crippen LogP contribution in [0.3, 0.4) is 0 Å². The highest BCUT2D eigenvalue weighted by molar-refractivity contribution is 5.80. The lowest BCUT2D eigenvalue weighted by molar-refractivity contribution is -0.121. The van der Waals surface area contributed by atoms with Gasteiger partial charge in [-0.05, 0) is 31.0 Å². The molecule has 2 N–H and O–H groups in total. The summed E-state index contributed by atoms with van der Waals surface area (Å²) in [4.78, 5) is 22.6. The molecule has 0 aliphatic carbocycles. The van der Waals surface area contributed by atoms with Gasteiger partial charge in [-0.1, -0.05) is 6.07 Å². The third-order valence-corrected chi connectivity index (χ3v) is 2.95. The van der Waals surface area contributed by atoms with Crippen LogP contribution in [0, 0.1) is 13.8 Å². The largest absolute Gasteiger partial charge is 0.496 e. The molecule has 0 saturated carbocycles. The highest BCUT2D eigenvalue weighted by Crippen LogP contribution is 2.24. The number of aryl methyl sites for hydroxylation is 2. The highest BCUT2D eigenvalue weighted by Gasteiger charge is 2.12. The van der Waals surface area contributed by atoms with Gasteiger partial charge in [-0.25, -0.2) is 0 Å². The van der Waals surface area contributed by atoms with E-state index in [9.17, 15) is 9.59 Å². The van der Waals surface area contributed by atoms with Crippen molar-refractivity contribution in [3.05, 3.63) is 28.8 Å². The predicted molar refractivity (Wildman–Crippen MR) is 77.9 cm³/mol. The van der Waals surface area contributed by atoms with E-state index >= 15 is 0 Å². The Morgan fingerprint density at radius 2 is 1.80 bits per heavy atom. The first-order chi connectivity index (χ1) is 9.43. The van der Waals surface area contributed by atoms with Crippen molar-refractivity contribution in [1.29, 1.82) is 0 Å². The summed E-state index contributed by atoms with van der Waals surface area (Å²) in [6.07, 6.45) is 0.273. The lowest BCUT2D eigenvalue weighted by Gasteiger charge is -2.13. The molecule has 0 unspecified atom stereocenters. The van der Waals surface area contributed by atoms with Crippen LogP contribution in [0.15, 0.2) is 12.1 Å². The molecule has 0 spiro atoms. The molecule has 0 aliphatic heterocycles. The molecule has 1 aromatic rings. The number of rotatable bonds is 6. The number of ether oxygens (including phenoxy) is 1. The van der Waals surface area contributed by atoms with E-state index in [0.29, 0.717) is 13.1 Å². The van der Waals surface area contributed by atoms with Gasteiger partial charge in [0.05, 0.1) is 13.5 Å². The van der Waals surface area contributed by atoms with E-state index in [1.54, 1.807) is 7.11 Å². The van der Waals surface area contributed by atoms with E-state index in [2.05, 4.69) is 10.6 Å². The van der Waals surface area contributed by atoms with Crippen molar-refractivity contribution < 1.29 is 14.3 Å². The third kappa shape index (κ3) is 4.91. The predicted octanol–water partition coefficient (Wildman–Crippen LogP) is 1.11. The van der Waals surface area contributed by atoms with Gasteiger partial charge >= 0.3 is 0 Å². The number of methoxy groups -OCH3 is 1. The van der Waals surface area contributed by atoms with Gasteiger partial charge in [0.1, 0.15) is 5.75 Å². The summed E-state index contributed by atoms with van der Waals surface area (Å²) in [7, 11) is 1.60. The lowest BCUT2D eigenvalue weighted by Crippen LogP contribution is -2.34. The number of hydrogen-bond acceptors (Lipinski definition) is 3. The molecule has 5 heteroatoms. The Kier molecular flexibility index (Phi) is 6.03. The molecule has 0 radical (unpaired) electrons. The third-order valence-electron chi connectivity index (χ3n) is 2.95. The normalized spacial score (nSPS) is 10.0. The lowest BCUT2D eigenvalue weighted by atomic mass is 10.0. The Morgan fingerprint density at radius 3 is 2.40 bits per heavy atom. The Bertz CT molecular complexity index is 498. The summed E-state index contributed by atoms with van der Waals surface area (Å²) in [6, 6.07) is 3.95. The van der Waals surface area contributed by atoms with Crippen LogP contribution in [0.1, 0.15) is 23.6 Å². The molecular weight excluding hydrogens is 256 g/mol. The summed E-state index contributed by atoms with van der Waals surface area (Å²) >= 11 is 0. The molecule has 110 valence electrons. The average Bonchev–Trinajstić information content (AvgIpc) is 2.37. The van der Waals surface area contributed by atoms with Crippen molar-refractivity contribution in [1.82, 2.24) is 10.6 Å². The maximum absolute atomic E-state index is 11.9. The number of nitrogens with one attached hydrogen (secondary N) is 2. The molecule has 0 heterocycles.